The van der Waals surface area contributed by atoms with Gasteiger partial charge in [0, 0.05) is 40.8 Å². The first kappa shape index (κ1) is 42.6. The molecule has 0 fully saturated rings. The molecule has 0 spiro atoms. The van der Waals surface area contributed by atoms with Crippen molar-refractivity contribution in [2.24, 2.45) is 14.1 Å². The summed E-state index contributed by atoms with van der Waals surface area (Å²) in [7, 11) is -5.59. The maximum atomic E-state index is 13.3. The topological polar surface area (TPSA) is 168 Å². The first-order chi connectivity index (χ1) is 26.1. The molecule has 0 aliphatic heterocycles. The second kappa shape index (κ2) is 16.5. The molecular formula is C38H32Cl4N4O8S2. The van der Waals surface area contributed by atoms with Crippen LogP contribution in [0.15, 0.2) is 88.7 Å². The third-order valence-electron chi connectivity index (χ3n) is 8.36. The van der Waals surface area contributed by atoms with Crippen LogP contribution in [0.2, 0.25) is 20.1 Å². The minimum atomic E-state index is -4.52. The van der Waals surface area contributed by atoms with Gasteiger partial charge in [-0.05, 0) is 88.4 Å². The number of aryl methyl sites for hydroxylation is 6. The van der Waals surface area contributed by atoms with E-state index in [-0.39, 0.29) is 59.2 Å². The van der Waals surface area contributed by atoms with Crippen molar-refractivity contribution < 1.29 is 35.2 Å². The summed E-state index contributed by atoms with van der Waals surface area (Å²) in [6.45, 7) is 6.85. The van der Waals surface area contributed by atoms with Crippen molar-refractivity contribution in [3.63, 3.8) is 0 Å². The second-order valence-electron chi connectivity index (χ2n) is 12.6. The quantitative estimate of drug-likeness (QED) is 0.0842. The van der Waals surface area contributed by atoms with E-state index in [1.165, 1.54) is 64.9 Å². The Bertz CT molecular complexity index is 2760. The molecule has 2 aromatic heterocycles. The van der Waals surface area contributed by atoms with Gasteiger partial charge in [0.05, 0.1) is 32.7 Å². The molecule has 0 unspecified atom stereocenters. The maximum Gasteiger partial charge on any atom is 0.340 e. The SMILES string of the molecule is Cc1ccc(S(=O)(=O)O)c(-c2c(C(=O)c3ccc(Cl)cc3Cl)c(C)nn2C)c1.Cc1ccc(S(=O)(=O)Oc2c(C(=O)c3ccc(Cl)cc3Cl)c(C)nn2C)cc1. The highest BCUT2D eigenvalue weighted by Crippen LogP contribution is 2.35. The van der Waals surface area contributed by atoms with Crippen LogP contribution in [0.3, 0.4) is 0 Å². The molecule has 0 saturated carbocycles. The lowest BCUT2D eigenvalue weighted by Crippen LogP contribution is -2.15. The zero-order chi connectivity index (χ0) is 41.4. The van der Waals surface area contributed by atoms with Crippen LogP contribution >= 0.6 is 46.4 Å². The Morgan fingerprint density at radius 1 is 0.643 bits per heavy atom. The average molecular weight is 879 g/mol. The second-order valence-corrected chi connectivity index (χ2v) is 17.2. The lowest BCUT2D eigenvalue weighted by Gasteiger charge is -2.12. The molecule has 292 valence electrons. The smallest absolute Gasteiger partial charge is 0.340 e. The van der Waals surface area contributed by atoms with Gasteiger partial charge in [-0.25, -0.2) is 4.68 Å². The molecule has 18 heteroatoms. The summed E-state index contributed by atoms with van der Waals surface area (Å²) in [6, 6.07) is 19.6. The van der Waals surface area contributed by atoms with Crippen molar-refractivity contribution >= 4 is 78.2 Å². The maximum absolute atomic E-state index is 13.3. The minimum absolute atomic E-state index is 0.0161. The molecule has 2 heterocycles. The van der Waals surface area contributed by atoms with E-state index < -0.39 is 31.8 Å². The molecule has 6 rings (SSSR count). The number of carbonyl (C=O) groups excluding carboxylic acids is 2. The zero-order valence-corrected chi connectivity index (χ0v) is 35.1. The molecule has 4 aromatic carbocycles. The number of hydrogen-bond acceptors (Lipinski definition) is 9. The molecule has 0 aliphatic rings. The minimum Gasteiger partial charge on any atom is -0.358 e. The predicted octanol–water partition coefficient (Wildman–Crippen LogP) is 8.83. The van der Waals surface area contributed by atoms with Crippen LogP contribution in [-0.4, -0.2) is 52.5 Å². The summed E-state index contributed by atoms with van der Waals surface area (Å²) in [5.41, 5.74) is 3.41. The normalized spacial score (nSPS) is 11.6. The molecule has 1 N–H and O–H groups in total. The van der Waals surface area contributed by atoms with Crippen molar-refractivity contribution in [3.05, 3.63) is 144 Å². The Morgan fingerprint density at radius 2 is 1.12 bits per heavy atom. The third kappa shape index (κ3) is 9.02. The summed E-state index contributed by atoms with van der Waals surface area (Å²) >= 11 is 24.1. The van der Waals surface area contributed by atoms with E-state index in [0.29, 0.717) is 21.4 Å². The van der Waals surface area contributed by atoms with Gasteiger partial charge in [0.1, 0.15) is 15.4 Å². The van der Waals surface area contributed by atoms with Gasteiger partial charge in [0.25, 0.3) is 10.1 Å². The Kier molecular flexibility index (Phi) is 12.6. The molecule has 12 nitrogen and oxygen atoms in total. The van der Waals surface area contributed by atoms with Gasteiger partial charge in [0.2, 0.25) is 11.7 Å². The largest absolute Gasteiger partial charge is 0.358 e. The van der Waals surface area contributed by atoms with Gasteiger partial charge >= 0.3 is 10.1 Å². The first-order valence-corrected chi connectivity index (χ1v) is 20.6. The lowest BCUT2D eigenvalue weighted by molar-refractivity contribution is 0.102. The van der Waals surface area contributed by atoms with Crippen molar-refractivity contribution in [2.75, 3.05) is 0 Å². The standard InChI is InChI=1S/2C19H16Cl2N2O4S/c1-11-4-7-14(8-5-11)28(25,26)27-19-17(12(2)22-23(19)3)18(24)15-9-6-13(20)10-16(15)21;1-10-4-7-16(28(25,26)27)14(8-10)18-17(11(2)22-23(18)3)19(24)13-6-5-12(20)9-15(13)21/h4-10H,1-3H3;4-9H,1-3H3,(H,25,26,27). The van der Waals surface area contributed by atoms with E-state index >= 15 is 0 Å². The number of carbonyl (C=O) groups is 2. The molecule has 6 aromatic rings. The molecule has 0 amide bonds. The fourth-order valence-corrected chi connectivity index (χ4v) is 8.39. The van der Waals surface area contributed by atoms with Crippen molar-refractivity contribution in [1.29, 1.82) is 0 Å². The molecule has 0 saturated heterocycles. The highest BCUT2D eigenvalue weighted by Gasteiger charge is 2.30. The van der Waals surface area contributed by atoms with Crippen LogP contribution in [0.25, 0.3) is 11.3 Å². The third-order valence-corrected chi connectivity index (χ3v) is 11.6. The van der Waals surface area contributed by atoms with E-state index in [2.05, 4.69) is 10.2 Å². The summed E-state index contributed by atoms with van der Waals surface area (Å²) < 4.78 is 66.7. The van der Waals surface area contributed by atoms with Crippen LogP contribution < -0.4 is 4.18 Å². The Balaban J connectivity index is 0.000000214. The van der Waals surface area contributed by atoms with Gasteiger partial charge in [-0.1, -0.05) is 75.7 Å². The highest BCUT2D eigenvalue weighted by atomic mass is 35.5. The lowest BCUT2D eigenvalue weighted by atomic mass is 9.97. The summed E-state index contributed by atoms with van der Waals surface area (Å²) in [5, 5.41) is 9.50. The summed E-state index contributed by atoms with van der Waals surface area (Å²) in [4.78, 5) is 26.0. The molecular weight excluding hydrogens is 846 g/mol. The number of hydrogen-bond donors (Lipinski definition) is 1. The number of rotatable bonds is 9. The zero-order valence-electron chi connectivity index (χ0n) is 30.4. The highest BCUT2D eigenvalue weighted by molar-refractivity contribution is 7.87. The van der Waals surface area contributed by atoms with E-state index in [1.54, 1.807) is 58.2 Å². The van der Waals surface area contributed by atoms with Crippen LogP contribution in [0.5, 0.6) is 5.88 Å². The van der Waals surface area contributed by atoms with Gasteiger partial charge in [-0.3, -0.25) is 18.8 Å². The van der Waals surface area contributed by atoms with Gasteiger partial charge in [0.15, 0.2) is 5.78 Å². The van der Waals surface area contributed by atoms with Crippen molar-refractivity contribution in [3.8, 4) is 17.1 Å². The summed E-state index contributed by atoms with van der Waals surface area (Å²) in [6.07, 6.45) is 0. The van der Waals surface area contributed by atoms with Crippen LogP contribution in [0.4, 0.5) is 0 Å². The summed E-state index contributed by atoms with van der Waals surface area (Å²) in [5.74, 6) is -1.12. The van der Waals surface area contributed by atoms with E-state index in [4.69, 9.17) is 50.6 Å². The van der Waals surface area contributed by atoms with E-state index in [0.717, 1.165) is 11.1 Å². The van der Waals surface area contributed by atoms with E-state index in [9.17, 15) is 31.0 Å². The predicted molar refractivity (Wildman–Crippen MR) is 215 cm³/mol. The van der Waals surface area contributed by atoms with Crippen LogP contribution in [0.1, 0.15) is 54.4 Å². The van der Waals surface area contributed by atoms with Gasteiger partial charge < -0.3 is 4.18 Å². The molecule has 0 radical (unpaired) electrons. The molecule has 0 aliphatic carbocycles. The monoisotopic (exact) mass is 876 g/mol. The molecule has 0 bridgehead atoms. The van der Waals surface area contributed by atoms with Crippen LogP contribution in [-0.2, 0) is 34.3 Å². The van der Waals surface area contributed by atoms with Gasteiger partial charge in [-0.2, -0.15) is 27.0 Å². The Morgan fingerprint density at radius 3 is 1.64 bits per heavy atom. The fourth-order valence-electron chi connectivity index (χ4n) is 5.76. The van der Waals surface area contributed by atoms with Crippen LogP contribution in [0, 0.1) is 27.7 Å². The molecule has 0 atom stereocenters. The number of aromatic nitrogens is 4. The Labute approximate surface area is 343 Å². The number of ketones is 2. The number of nitrogens with zero attached hydrogens (tertiary/aromatic N) is 4. The fraction of sp³-hybridized carbons (Fsp3) is 0.158. The number of benzene rings is 4. The van der Waals surface area contributed by atoms with Crippen molar-refractivity contribution in [2.45, 2.75) is 37.5 Å². The average Bonchev–Trinajstić information content (AvgIpc) is 3.55. The van der Waals surface area contributed by atoms with E-state index in [1.807, 2.05) is 6.92 Å². The number of halogens is 4. The Hall–Kier alpha value is -4.54. The van der Waals surface area contributed by atoms with Crippen molar-refractivity contribution in [1.82, 2.24) is 19.6 Å². The molecule has 56 heavy (non-hydrogen) atoms. The van der Waals surface area contributed by atoms with Gasteiger partial charge in [-0.15, -0.1) is 0 Å². The first-order valence-electron chi connectivity index (χ1n) is 16.3.